The molecular formula is C31H36ClF4N7O2. The van der Waals surface area contributed by atoms with Gasteiger partial charge in [-0.1, -0.05) is 24.2 Å². The first-order valence-corrected chi connectivity index (χ1v) is 15.1. The summed E-state index contributed by atoms with van der Waals surface area (Å²) in [5.74, 6) is -1.40. The molecule has 3 aliphatic rings. The Bertz CT molecular complexity index is 1510. The molecule has 0 N–H and O–H groups in total. The minimum absolute atomic E-state index is 0.0116. The SMILES string of the molecule is [C-]#[N+]C[C@H]1CN(c2nc(OCC3(CN(C)C)CC3)nc3c2C[C@@H](C)N(c2c(Cl)cccc2C(F)(F)F)C3)CCN1C(=O)C(=C)F. The highest BCUT2D eigenvalue weighted by atomic mass is 35.5. The van der Waals surface area contributed by atoms with Crippen LogP contribution in [0.5, 0.6) is 6.01 Å². The second-order valence-corrected chi connectivity index (χ2v) is 12.8. The molecule has 9 nitrogen and oxygen atoms in total. The van der Waals surface area contributed by atoms with E-state index in [4.69, 9.17) is 32.9 Å². The van der Waals surface area contributed by atoms with Gasteiger partial charge in [0.15, 0.2) is 5.83 Å². The summed E-state index contributed by atoms with van der Waals surface area (Å²) in [5, 5.41) is -0.0116. The van der Waals surface area contributed by atoms with E-state index in [1.165, 1.54) is 17.0 Å². The van der Waals surface area contributed by atoms with Crippen LogP contribution in [-0.2, 0) is 23.9 Å². The van der Waals surface area contributed by atoms with E-state index >= 15 is 0 Å². The van der Waals surface area contributed by atoms with Gasteiger partial charge in [0, 0.05) is 43.2 Å². The molecule has 2 aliphatic heterocycles. The van der Waals surface area contributed by atoms with Crippen molar-refractivity contribution >= 4 is 29.0 Å². The fourth-order valence-corrected chi connectivity index (χ4v) is 6.65. The van der Waals surface area contributed by atoms with Crippen LogP contribution in [-0.4, -0.2) is 91.2 Å². The van der Waals surface area contributed by atoms with E-state index in [2.05, 4.69) is 16.3 Å². The third kappa shape index (κ3) is 6.97. The molecule has 1 aliphatic carbocycles. The van der Waals surface area contributed by atoms with Crippen molar-refractivity contribution in [2.75, 3.05) is 63.2 Å². The van der Waals surface area contributed by atoms with Crippen LogP contribution in [0, 0.1) is 12.0 Å². The Kier molecular flexibility index (Phi) is 9.20. The number of amides is 1. The number of alkyl halides is 3. The third-order valence-corrected chi connectivity index (χ3v) is 8.98. The molecule has 5 rings (SSSR count). The van der Waals surface area contributed by atoms with Gasteiger partial charge in [0.1, 0.15) is 11.9 Å². The lowest BCUT2D eigenvalue weighted by Gasteiger charge is -2.42. The van der Waals surface area contributed by atoms with Gasteiger partial charge in [-0.15, -0.1) is 0 Å². The van der Waals surface area contributed by atoms with Crippen LogP contribution >= 0.6 is 11.6 Å². The number of piperazine rings is 1. The smallest absolute Gasteiger partial charge is 0.418 e. The van der Waals surface area contributed by atoms with Gasteiger partial charge in [0.2, 0.25) is 6.54 Å². The largest absolute Gasteiger partial charge is 0.463 e. The highest BCUT2D eigenvalue weighted by molar-refractivity contribution is 6.33. The maximum Gasteiger partial charge on any atom is 0.418 e. The Morgan fingerprint density at radius 1 is 1.27 bits per heavy atom. The molecule has 45 heavy (non-hydrogen) atoms. The molecule has 1 aromatic carbocycles. The summed E-state index contributed by atoms with van der Waals surface area (Å²) in [6.07, 6.45) is -2.31. The number of halogens is 5. The number of carbonyl (C=O) groups excluding carboxylic acids is 1. The average Bonchev–Trinajstić information content (AvgIpc) is 3.73. The van der Waals surface area contributed by atoms with E-state index in [9.17, 15) is 22.4 Å². The van der Waals surface area contributed by atoms with Crippen LogP contribution < -0.4 is 14.5 Å². The van der Waals surface area contributed by atoms with Crippen LogP contribution in [0.2, 0.25) is 5.02 Å². The van der Waals surface area contributed by atoms with Crippen molar-refractivity contribution in [1.29, 1.82) is 0 Å². The zero-order valence-corrected chi connectivity index (χ0v) is 26.3. The molecule has 242 valence electrons. The molecule has 2 fully saturated rings. The fourth-order valence-electron chi connectivity index (χ4n) is 6.37. The first-order chi connectivity index (χ1) is 21.2. The van der Waals surface area contributed by atoms with Crippen molar-refractivity contribution in [2.24, 2.45) is 5.41 Å². The van der Waals surface area contributed by atoms with Gasteiger partial charge in [-0.2, -0.15) is 23.1 Å². The zero-order chi connectivity index (χ0) is 32.7. The summed E-state index contributed by atoms with van der Waals surface area (Å²) < 4.78 is 62.3. The Morgan fingerprint density at radius 2 is 2.00 bits per heavy atom. The Morgan fingerprint density at radius 3 is 2.62 bits per heavy atom. The monoisotopic (exact) mass is 649 g/mol. The van der Waals surface area contributed by atoms with Crippen LogP contribution in [0.15, 0.2) is 30.6 Å². The molecule has 1 saturated carbocycles. The lowest BCUT2D eigenvalue weighted by Crippen LogP contribution is -2.57. The first kappa shape index (κ1) is 32.8. The van der Waals surface area contributed by atoms with Gasteiger partial charge >= 0.3 is 12.2 Å². The van der Waals surface area contributed by atoms with Gasteiger partial charge in [-0.3, -0.25) is 4.79 Å². The quantitative estimate of drug-likeness (QED) is 0.209. The lowest BCUT2D eigenvalue weighted by molar-refractivity contribution is -0.137. The van der Waals surface area contributed by atoms with Gasteiger partial charge in [-0.05, 0) is 52.4 Å². The molecule has 0 spiro atoms. The van der Waals surface area contributed by atoms with Crippen molar-refractivity contribution in [3.05, 3.63) is 63.9 Å². The molecule has 14 heteroatoms. The number of fused-ring (bicyclic) bond motifs is 1. The molecule has 1 saturated heterocycles. The molecular weight excluding hydrogens is 614 g/mol. The van der Waals surface area contributed by atoms with E-state index < -0.39 is 35.6 Å². The van der Waals surface area contributed by atoms with E-state index in [-0.39, 0.29) is 48.3 Å². The van der Waals surface area contributed by atoms with Gasteiger partial charge in [0.05, 0.1) is 35.1 Å². The minimum Gasteiger partial charge on any atom is -0.463 e. The number of hydrogen-bond donors (Lipinski definition) is 0. The van der Waals surface area contributed by atoms with Crippen molar-refractivity contribution in [3.8, 4) is 6.01 Å². The molecule has 1 amide bonds. The summed E-state index contributed by atoms with van der Waals surface area (Å²) in [6.45, 7) is 14.2. The maximum atomic E-state index is 14.1. The summed E-state index contributed by atoms with van der Waals surface area (Å²) in [7, 11) is 3.99. The van der Waals surface area contributed by atoms with Crippen molar-refractivity contribution in [3.63, 3.8) is 0 Å². The van der Waals surface area contributed by atoms with Crippen LogP contribution in [0.25, 0.3) is 4.85 Å². The fraction of sp³-hybridized carbons (Fsp3) is 0.548. The van der Waals surface area contributed by atoms with Crippen molar-refractivity contribution in [1.82, 2.24) is 19.8 Å². The number of rotatable bonds is 9. The maximum absolute atomic E-state index is 14.1. The normalized spacial score (nSPS) is 20.9. The molecule has 2 aromatic rings. The molecule has 2 atom stereocenters. The van der Waals surface area contributed by atoms with E-state index in [1.807, 2.05) is 25.9 Å². The zero-order valence-electron chi connectivity index (χ0n) is 25.5. The topological polar surface area (TPSA) is 69.4 Å². The molecule has 0 radical (unpaired) electrons. The Balaban J connectivity index is 1.53. The number of nitrogens with zero attached hydrogens (tertiary/aromatic N) is 7. The standard InChI is InChI=1S/C31H36ClF4N7O2/c1-19-13-22-25(16-43(19)26-23(31(34,35)36)7-6-8-24(26)32)38-29(45-18-30(9-10-30)17-40(4)5)39-27(22)41-11-12-42(28(44)20(2)33)21(15-41)14-37-3/h6-8,19,21H,2,9-18H2,1,4-5H3/t19-,21+/m1/s1. The summed E-state index contributed by atoms with van der Waals surface area (Å²) in [6, 6.07) is 2.84. The average molecular weight is 650 g/mol. The van der Waals surface area contributed by atoms with Crippen LogP contribution in [0.1, 0.15) is 36.6 Å². The number of anilines is 2. The minimum atomic E-state index is -4.61. The summed E-state index contributed by atoms with van der Waals surface area (Å²) in [5.41, 5.74) is 0.302. The number of carbonyl (C=O) groups is 1. The number of para-hydroxylation sites is 1. The Labute approximate surface area is 265 Å². The first-order valence-electron chi connectivity index (χ1n) is 14.8. The number of benzene rings is 1. The summed E-state index contributed by atoms with van der Waals surface area (Å²) >= 11 is 6.40. The van der Waals surface area contributed by atoms with Crippen LogP contribution in [0.3, 0.4) is 0 Å². The molecule has 3 heterocycles. The highest BCUT2D eigenvalue weighted by Crippen LogP contribution is 2.47. The Hall–Kier alpha value is -3.63. The predicted molar refractivity (Wildman–Crippen MR) is 163 cm³/mol. The number of hydrogen-bond acceptors (Lipinski definition) is 7. The van der Waals surface area contributed by atoms with Crippen molar-refractivity contribution < 1.29 is 27.1 Å². The second-order valence-electron chi connectivity index (χ2n) is 12.4. The van der Waals surface area contributed by atoms with Gasteiger partial charge in [0.25, 0.3) is 5.91 Å². The highest BCUT2D eigenvalue weighted by Gasteiger charge is 2.45. The number of ether oxygens (including phenoxy) is 1. The summed E-state index contributed by atoms with van der Waals surface area (Å²) in [4.78, 5) is 32.5. The van der Waals surface area contributed by atoms with E-state index in [0.717, 1.165) is 31.0 Å². The predicted octanol–water partition coefficient (Wildman–Crippen LogP) is 5.24. The number of aromatic nitrogens is 2. The lowest BCUT2D eigenvalue weighted by atomic mass is 9.96. The molecule has 0 unspecified atom stereocenters. The van der Waals surface area contributed by atoms with Gasteiger partial charge < -0.3 is 29.2 Å². The van der Waals surface area contributed by atoms with Crippen molar-refractivity contribution in [2.45, 2.75) is 51.0 Å². The third-order valence-electron chi connectivity index (χ3n) is 8.67. The van der Waals surface area contributed by atoms with Crippen LogP contribution in [0.4, 0.5) is 29.1 Å². The molecule has 1 aromatic heterocycles. The van der Waals surface area contributed by atoms with Gasteiger partial charge in [-0.25, -0.2) is 11.0 Å². The molecule has 0 bridgehead atoms. The van der Waals surface area contributed by atoms with E-state index in [1.54, 1.807) is 4.90 Å². The van der Waals surface area contributed by atoms with E-state index in [0.29, 0.717) is 31.1 Å². The second kappa shape index (κ2) is 12.6.